The maximum Gasteiger partial charge on any atom is 0.363 e. The van der Waals surface area contributed by atoms with E-state index in [-0.39, 0.29) is 36.6 Å². The lowest BCUT2D eigenvalue weighted by atomic mass is 9.99. The molecule has 0 fully saturated rings. The average Bonchev–Trinajstić information content (AvgIpc) is 2.97. The molecule has 0 bridgehead atoms. The lowest BCUT2D eigenvalue weighted by Crippen LogP contribution is -3.11. The zero-order valence-electron chi connectivity index (χ0n) is 14.5. The van der Waals surface area contributed by atoms with Crippen LogP contribution in [0.5, 0.6) is 11.5 Å². The molecule has 2 aliphatic heterocycles. The van der Waals surface area contributed by atoms with Crippen LogP contribution in [0, 0.1) is 0 Å². The van der Waals surface area contributed by atoms with Crippen molar-refractivity contribution in [1.29, 1.82) is 0 Å². The number of rotatable bonds is 5. The summed E-state index contributed by atoms with van der Waals surface area (Å²) in [6.45, 7) is 0.138. The number of phenols is 2. The van der Waals surface area contributed by atoms with E-state index in [4.69, 9.17) is 5.11 Å². The molecule has 7 N–H and O–H groups in total. The topological polar surface area (TPSA) is 169 Å². The Bertz CT molecular complexity index is 920. The van der Waals surface area contributed by atoms with Gasteiger partial charge in [0.15, 0.2) is 17.5 Å². The summed E-state index contributed by atoms with van der Waals surface area (Å²) in [7, 11) is 0. The number of allylic oxidation sites excluding steroid dienone is 1. The van der Waals surface area contributed by atoms with Crippen LogP contribution in [0.15, 0.2) is 35.6 Å². The number of phenolic OH excluding ortho intramolecular Hbond substituents is 2. The van der Waals surface area contributed by atoms with Crippen molar-refractivity contribution >= 4 is 23.6 Å². The second kappa shape index (κ2) is 7.24. The van der Waals surface area contributed by atoms with Crippen LogP contribution in [0.3, 0.4) is 0 Å². The molecule has 10 heteroatoms. The number of carboxylic acid groups (broad SMARTS) is 3. The number of benzene rings is 1. The van der Waals surface area contributed by atoms with Gasteiger partial charge in [-0.15, -0.1) is 0 Å². The monoisotopic (exact) mass is 391 g/mol. The molecule has 0 aromatic heterocycles. The van der Waals surface area contributed by atoms with Gasteiger partial charge in [0.25, 0.3) is 0 Å². The van der Waals surface area contributed by atoms with E-state index in [1.54, 1.807) is 6.08 Å². The second-order valence-corrected chi connectivity index (χ2v) is 6.70. The van der Waals surface area contributed by atoms with E-state index < -0.39 is 30.0 Å². The van der Waals surface area contributed by atoms with Crippen LogP contribution >= 0.6 is 0 Å². The van der Waals surface area contributed by atoms with Crippen molar-refractivity contribution in [2.24, 2.45) is 0 Å². The molecular weight excluding hydrogens is 372 g/mol. The Hall–Kier alpha value is -3.53. The number of carbonyl (C=O) groups is 3. The van der Waals surface area contributed by atoms with Gasteiger partial charge in [0.05, 0.1) is 0 Å². The van der Waals surface area contributed by atoms with Gasteiger partial charge in [-0.05, 0) is 23.8 Å². The SMILES string of the molecule is O=C(O)C1=CC(=CC[NH+]2c3cc(O)c(O)cc3C[C@H]2C(=O)O)C[C@@H](C(=O)O)N1. The van der Waals surface area contributed by atoms with Gasteiger partial charge in [0, 0.05) is 24.5 Å². The molecule has 1 unspecified atom stereocenters. The van der Waals surface area contributed by atoms with Gasteiger partial charge >= 0.3 is 17.9 Å². The van der Waals surface area contributed by atoms with Crippen LogP contribution in [0.4, 0.5) is 5.69 Å². The molecule has 2 heterocycles. The number of carboxylic acids is 3. The summed E-state index contributed by atoms with van der Waals surface area (Å²) >= 11 is 0. The maximum absolute atomic E-state index is 11.6. The lowest BCUT2D eigenvalue weighted by Gasteiger charge is -2.23. The molecule has 148 valence electrons. The van der Waals surface area contributed by atoms with E-state index in [1.807, 2.05) is 0 Å². The predicted molar refractivity (Wildman–Crippen MR) is 93.4 cm³/mol. The van der Waals surface area contributed by atoms with E-state index in [2.05, 4.69) is 5.32 Å². The Morgan fingerprint density at radius 3 is 2.36 bits per heavy atom. The van der Waals surface area contributed by atoms with Crippen molar-refractivity contribution in [3.05, 3.63) is 41.1 Å². The minimum atomic E-state index is -1.29. The van der Waals surface area contributed by atoms with Crippen molar-refractivity contribution in [3.8, 4) is 11.5 Å². The van der Waals surface area contributed by atoms with Crippen molar-refractivity contribution in [1.82, 2.24) is 5.32 Å². The number of hydrogen-bond donors (Lipinski definition) is 7. The Labute approximate surface area is 158 Å². The smallest absolute Gasteiger partial charge is 0.363 e. The molecule has 3 atom stereocenters. The standard InChI is InChI=1S/C18H18N2O8/c21-14-6-9-5-13(18(27)28)20(12(9)7-15(14)22)2-1-8-3-10(16(23)24)19-11(4-8)17(25)26/h1,3,6-7,11,13,19,21-22H,2,4-5H2,(H,23,24)(H,25,26)(H,27,28)/p+1/t11-,13-/m0/s1. The van der Waals surface area contributed by atoms with Gasteiger partial charge in [0.2, 0.25) is 0 Å². The van der Waals surface area contributed by atoms with E-state index in [0.717, 1.165) is 0 Å². The molecule has 0 saturated heterocycles. The third-order valence-electron chi connectivity index (χ3n) is 4.90. The zero-order chi connectivity index (χ0) is 20.6. The highest BCUT2D eigenvalue weighted by Gasteiger charge is 2.40. The van der Waals surface area contributed by atoms with Crippen molar-refractivity contribution in [2.75, 3.05) is 6.54 Å². The van der Waals surface area contributed by atoms with Crippen molar-refractivity contribution in [2.45, 2.75) is 24.9 Å². The highest BCUT2D eigenvalue weighted by molar-refractivity contribution is 5.89. The van der Waals surface area contributed by atoms with Crippen molar-refractivity contribution < 1.29 is 44.8 Å². The maximum atomic E-state index is 11.6. The summed E-state index contributed by atoms with van der Waals surface area (Å²) < 4.78 is 0. The number of aliphatic carboxylic acids is 3. The molecule has 0 amide bonds. The molecular formula is C18H19N2O8+. The normalized spacial score (nSPS) is 24.9. The second-order valence-electron chi connectivity index (χ2n) is 6.70. The van der Waals surface area contributed by atoms with Gasteiger partial charge < -0.3 is 30.8 Å². The van der Waals surface area contributed by atoms with Crippen LogP contribution in [-0.4, -0.2) is 62.1 Å². The van der Waals surface area contributed by atoms with Gasteiger partial charge in [-0.2, -0.15) is 0 Å². The summed E-state index contributed by atoms with van der Waals surface area (Å²) in [5.74, 6) is -4.24. The summed E-state index contributed by atoms with van der Waals surface area (Å²) in [6, 6.07) is 0.684. The molecule has 10 nitrogen and oxygen atoms in total. The molecule has 0 spiro atoms. The zero-order valence-corrected chi connectivity index (χ0v) is 14.5. The molecule has 2 aliphatic rings. The highest BCUT2D eigenvalue weighted by Crippen LogP contribution is 2.32. The Balaban J connectivity index is 1.92. The minimum Gasteiger partial charge on any atom is -0.504 e. The van der Waals surface area contributed by atoms with Crippen LogP contribution in [0.25, 0.3) is 0 Å². The fraction of sp³-hybridized carbons (Fsp3) is 0.278. The van der Waals surface area contributed by atoms with Gasteiger partial charge in [-0.3, -0.25) is 4.90 Å². The molecule has 1 aromatic carbocycles. The van der Waals surface area contributed by atoms with Gasteiger partial charge in [-0.1, -0.05) is 0 Å². The summed E-state index contributed by atoms with van der Waals surface area (Å²) in [5.41, 5.74) is 1.31. The summed E-state index contributed by atoms with van der Waals surface area (Å²) in [6.07, 6.45) is 3.13. The first kappa shape index (κ1) is 19.2. The van der Waals surface area contributed by atoms with Gasteiger partial charge in [-0.25, -0.2) is 14.4 Å². The van der Waals surface area contributed by atoms with Crippen LogP contribution in [0.2, 0.25) is 0 Å². The summed E-state index contributed by atoms with van der Waals surface area (Å²) in [4.78, 5) is 34.6. The highest BCUT2D eigenvalue weighted by atomic mass is 16.4. The average molecular weight is 391 g/mol. The molecule has 1 aromatic rings. The molecule has 0 saturated carbocycles. The van der Waals surface area contributed by atoms with Crippen LogP contribution < -0.4 is 10.2 Å². The first-order valence-corrected chi connectivity index (χ1v) is 8.44. The van der Waals surface area contributed by atoms with Crippen LogP contribution in [0.1, 0.15) is 12.0 Å². The first-order valence-electron chi connectivity index (χ1n) is 8.44. The summed E-state index contributed by atoms with van der Waals surface area (Å²) in [5, 5.41) is 49.7. The van der Waals surface area contributed by atoms with Crippen LogP contribution in [-0.2, 0) is 20.8 Å². The van der Waals surface area contributed by atoms with Gasteiger partial charge in [0.1, 0.15) is 24.0 Å². The largest absolute Gasteiger partial charge is 0.504 e. The number of quaternary nitrogens is 1. The number of fused-ring (bicyclic) bond motifs is 1. The predicted octanol–water partition coefficient (Wildman–Crippen LogP) is -1.04. The number of nitrogens with one attached hydrogen (secondary N) is 2. The number of aromatic hydroxyl groups is 2. The fourth-order valence-electron chi connectivity index (χ4n) is 3.52. The molecule has 28 heavy (non-hydrogen) atoms. The minimum absolute atomic E-state index is 0.0464. The number of hydrogen-bond acceptors (Lipinski definition) is 6. The third kappa shape index (κ3) is 3.62. The molecule has 0 aliphatic carbocycles. The Kier molecular flexibility index (Phi) is 4.97. The Morgan fingerprint density at radius 2 is 1.75 bits per heavy atom. The first-order chi connectivity index (χ1) is 13.2. The van der Waals surface area contributed by atoms with Crippen molar-refractivity contribution in [3.63, 3.8) is 0 Å². The molecule has 0 radical (unpaired) electrons. The fourth-order valence-corrected chi connectivity index (χ4v) is 3.52. The van der Waals surface area contributed by atoms with E-state index in [1.165, 1.54) is 18.2 Å². The van der Waals surface area contributed by atoms with E-state index in [0.29, 0.717) is 21.7 Å². The van der Waals surface area contributed by atoms with E-state index >= 15 is 0 Å². The molecule has 3 rings (SSSR count). The third-order valence-corrected chi connectivity index (χ3v) is 4.90. The van der Waals surface area contributed by atoms with E-state index in [9.17, 15) is 34.8 Å². The quantitative estimate of drug-likeness (QED) is 0.245. The lowest BCUT2D eigenvalue weighted by molar-refractivity contribution is -0.838. The Morgan fingerprint density at radius 1 is 1.07 bits per heavy atom.